The van der Waals surface area contributed by atoms with E-state index in [1.54, 1.807) is 0 Å². The fraction of sp³-hybridized carbons (Fsp3) is 0.778. The van der Waals surface area contributed by atoms with E-state index >= 15 is 0 Å². The van der Waals surface area contributed by atoms with E-state index in [-0.39, 0.29) is 0 Å². The lowest BCUT2D eigenvalue weighted by Crippen LogP contribution is -2.31. The maximum absolute atomic E-state index is 10.6. The molecule has 2 unspecified atom stereocenters. The molecule has 0 aromatic heterocycles. The van der Waals surface area contributed by atoms with Crippen LogP contribution >= 0.6 is 0 Å². The molecule has 2 aliphatic rings. The van der Waals surface area contributed by atoms with Gasteiger partial charge in [0.05, 0.1) is 0 Å². The Hall–Kier alpha value is -1.56. The highest BCUT2D eigenvalue weighted by Gasteiger charge is 2.38. The van der Waals surface area contributed by atoms with Crippen LogP contribution in [0.25, 0.3) is 0 Å². The van der Waals surface area contributed by atoms with Gasteiger partial charge < -0.3 is 10.2 Å². The van der Waals surface area contributed by atoms with Gasteiger partial charge >= 0.3 is 24.3 Å². The third-order valence-corrected chi connectivity index (χ3v) is 2.37. The van der Waals surface area contributed by atoms with E-state index in [4.69, 9.17) is 19.8 Å². The van der Waals surface area contributed by atoms with E-state index in [9.17, 15) is 26.3 Å². The summed E-state index contributed by atoms with van der Waals surface area (Å²) in [7, 11) is 0. The zero-order valence-corrected chi connectivity index (χ0v) is 10.3. The first-order chi connectivity index (χ1) is 9.34. The van der Waals surface area contributed by atoms with Gasteiger partial charge in [0.1, 0.15) is 0 Å². The SMILES string of the molecule is C1CN2CC1CN2.O=C(O)C(F)(F)F.O=C(O)C(F)(F)F. The van der Waals surface area contributed by atoms with Crippen molar-refractivity contribution in [2.24, 2.45) is 5.92 Å². The minimum absolute atomic E-state index is 0.986. The Morgan fingerprint density at radius 3 is 1.43 bits per heavy atom. The second kappa shape index (κ2) is 7.45. The number of alkyl halides is 6. The van der Waals surface area contributed by atoms with Crippen LogP contribution in [-0.2, 0) is 9.59 Å². The number of hydrogen-bond donors (Lipinski definition) is 3. The molecule has 124 valence electrons. The highest BCUT2D eigenvalue weighted by Crippen LogP contribution is 2.18. The average molecular weight is 326 g/mol. The Kier molecular flexibility index (Phi) is 6.90. The van der Waals surface area contributed by atoms with E-state index in [1.807, 2.05) is 0 Å². The van der Waals surface area contributed by atoms with E-state index < -0.39 is 24.3 Å². The van der Waals surface area contributed by atoms with Crippen LogP contribution in [0, 0.1) is 5.92 Å². The van der Waals surface area contributed by atoms with Crippen LogP contribution < -0.4 is 5.43 Å². The fourth-order valence-electron chi connectivity index (χ4n) is 1.40. The van der Waals surface area contributed by atoms with Crippen LogP contribution in [0.5, 0.6) is 0 Å². The summed E-state index contributed by atoms with van der Waals surface area (Å²) in [6.45, 7) is 3.82. The number of fused-ring (bicyclic) bond motifs is 2. The smallest absolute Gasteiger partial charge is 0.475 e. The highest BCUT2D eigenvalue weighted by molar-refractivity contribution is 5.73. The van der Waals surface area contributed by atoms with Crippen LogP contribution in [0.1, 0.15) is 6.42 Å². The molecule has 2 heterocycles. The largest absolute Gasteiger partial charge is 0.490 e. The predicted octanol–water partition coefficient (Wildman–Crippen LogP) is 1.09. The van der Waals surface area contributed by atoms with E-state index in [0.29, 0.717) is 0 Å². The summed E-state index contributed by atoms with van der Waals surface area (Å²) in [5, 5.41) is 16.6. The first-order valence-electron chi connectivity index (χ1n) is 5.42. The molecule has 0 saturated carbocycles. The molecule has 0 aromatic rings. The first kappa shape index (κ1) is 19.4. The number of hydrazine groups is 1. The molecule has 0 aromatic carbocycles. The maximum atomic E-state index is 10.6. The Labute approximate surface area is 114 Å². The predicted molar refractivity (Wildman–Crippen MR) is 55.1 cm³/mol. The molecule has 0 spiro atoms. The molecule has 21 heavy (non-hydrogen) atoms. The summed E-state index contributed by atoms with van der Waals surface area (Å²) in [5.74, 6) is -4.53. The molecule has 2 rings (SSSR count). The Morgan fingerprint density at radius 1 is 1.00 bits per heavy atom. The molecule has 2 fully saturated rings. The summed E-state index contributed by atoms with van der Waals surface area (Å²) in [6.07, 6.45) is -8.74. The molecule has 0 radical (unpaired) electrons. The van der Waals surface area contributed by atoms with Gasteiger partial charge in [0.15, 0.2) is 0 Å². The number of aliphatic carboxylic acids is 2. The van der Waals surface area contributed by atoms with E-state index in [1.165, 1.54) is 26.1 Å². The lowest BCUT2D eigenvalue weighted by Gasteiger charge is -2.11. The van der Waals surface area contributed by atoms with Crippen LogP contribution in [0.15, 0.2) is 0 Å². The third-order valence-electron chi connectivity index (χ3n) is 2.37. The highest BCUT2D eigenvalue weighted by atomic mass is 19.4. The molecule has 0 aliphatic carbocycles. The molecule has 2 saturated heterocycles. The Bertz CT molecular complexity index is 328. The van der Waals surface area contributed by atoms with Crippen LogP contribution in [-0.4, -0.2) is 59.1 Å². The molecular formula is C9H12F6N2O4. The van der Waals surface area contributed by atoms with Crippen molar-refractivity contribution >= 4 is 11.9 Å². The Balaban J connectivity index is 0.000000286. The number of halogens is 6. The molecule has 6 nitrogen and oxygen atoms in total. The number of carboxylic acids is 2. The van der Waals surface area contributed by atoms with Gasteiger partial charge in [-0.2, -0.15) is 26.3 Å². The Morgan fingerprint density at radius 2 is 1.38 bits per heavy atom. The molecule has 12 heteroatoms. The van der Waals surface area contributed by atoms with Crippen LogP contribution in [0.4, 0.5) is 26.3 Å². The van der Waals surface area contributed by atoms with Crippen molar-refractivity contribution in [1.82, 2.24) is 10.4 Å². The summed E-state index contributed by atoms with van der Waals surface area (Å²) in [6, 6.07) is 0. The lowest BCUT2D eigenvalue weighted by atomic mass is 10.1. The van der Waals surface area contributed by atoms with Gasteiger partial charge in [0.2, 0.25) is 0 Å². The first-order valence-corrected chi connectivity index (χ1v) is 5.42. The number of nitrogens with one attached hydrogen (secondary N) is 1. The van der Waals surface area contributed by atoms with Gasteiger partial charge in [-0.1, -0.05) is 0 Å². The van der Waals surface area contributed by atoms with Gasteiger partial charge in [0, 0.05) is 19.6 Å². The van der Waals surface area contributed by atoms with Crippen LogP contribution in [0.3, 0.4) is 0 Å². The summed E-state index contributed by atoms with van der Waals surface area (Å²) < 4.78 is 63.5. The molecular weight excluding hydrogens is 314 g/mol. The molecule has 2 atom stereocenters. The zero-order chi connectivity index (χ0) is 16.8. The fourth-order valence-corrected chi connectivity index (χ4v) is 1.40. The average Bonchev–Trinajstić information content (AvgIpc) is 2.91. The van der Waals surface area contributed by atoms with Gasteiger partial charge in [0.25, 0.3) is 0 Å². The molecule has 3 N–H and O–H groups in total. The summed E-state index contributed by atoms with van der Waals surface area (Å²) in [4.78, 5) is 17.8. The van der Waals surface area contributed by atoms with Gasteiger partial charge in [-0.25, -0.2) is 14.6 Å². The summed E-state index contributed by atoms with van der Waals surface area (Å²) >= 11 is 0. The molecule has 2 bridgehead atoms. The number of nitrogens with zero attached hydrogens (tertiary/aromatic N) is 1. The molecule has 2 aliphatic heterocycles. The van der Waals surface area contributed by atoms with Gasteiger partial charge in [-0.05, 0) is 12.3 Å². The minimum atomic E-state index is -5.08. The van der Waals surface area contributed by atoms with Gasteiger partial charge in [-0.3, -0.25) is 5.43 Å². The normalized spacial score (nSPS) is 23.5. The van der Waals surface area contributed by atoms with Crippen molar-refractivity contribution in [2.75, 3.05) is 19.6 Å². The number of hydrogen-bond acceptors (Lipinski definition) is 4. The van der Waals surface area contributed by atoms with Crippen molar-refractivity contribution < 1.29 is 46.1 Å². The lowest BCUT2D eigenvalue weighted by molar-refractivity contribution is -0.193. The van der Waals surface area contributed by atoms with E-state index in [2.05, 4.69) is 10.4 Å². The monoisotopic (exact) mass is 326 g/mol. The number of rotatable bonds is 0. The van der Waals surface area contributed by atoms with Crippen molar-refractivity contribution in [1.29, 1.82) is 0 Å². The van der Waals surface area contributed by atoms with Gasteiger partial charge in [-0.15, -0.1) is 0 Å². The van der Waals surface area contributed by atoms with E-state index in [0.717, 1.165) is 5.92 Å². The quantitative estimate of drug-likeness (QED) is 0.578. The maximum Gasteiger partial charge on any atom is 0.490 e. The van der Waals surface area contributed by atoms with Crippen molar-refractivity contribution in [3.8, 4) is 0 Å². The topological polar surface area (TPSA) is 89.9 Å². The minimum Gasteiger partial charge on any atom is -0.475 e. The van der Waals surface area contributed by atoms with Crippen molar-refractivity contribution in [3.05, 3.63) is 0 Å². The third kappa shape index (κ3) is 8.34. The van der Waals surface area contributed by atoms with Crippen LogP contribution in [0.2, 0.25) is 0 Å². The second-order valence-corrected chi connectivity index (χ2v) is 4.07. The van der Waals surface area contributed by atoms with Crippen molar-refractivity contribution in [2.45, 2.75) is 18.8 Å². The standard InChI is InChI=1S/C5H10N2.2C2HF3O2/c1-2-7-4-5(1)3-6-7;2*3-2(4,5)1(6)7/h5-6H,1-4H2;2*(H,6,7). The number of carboxylic acid groups (broad SMARTS) is 2. The zero-order valence-electron chi connectivity index (χ0n) is 10.3. The number of carbonyl (C=O) groups is 2. The molecule has 0 amide bonds. The van der Waals surface area contributed by atoms with Crippen molar-refractivity contribution in [3.63, 3.8) is 0 Å². The summed E-state index contributed by atoms with van der Waals surface area (Å²) in [5.41, 5.74) is 3.29. The second-order valence-electron chi connectivity index (χ2n) is 4.07.